The van der Waals surface area contributed by atoms with Crippen molar-refractivity contribution in [2.24, 2.45) is 5.92 Å². The average molecular weight is 561 g/mol. The first-order valence-electron chi connectivity index (χ1n) is 13.6. The van der Waals surface area contributed by atoms with Crippen LogP contribution >= 0.6 is 24.8 Å². The highest BCUT2D eigenvalue weighted by Gasteiger charge is 2.80. The minimum atomic E-state index is -1.20. The number of aromatic hydroxyl groups is 1. The van der Waals surface area contributed by atoms with E-state index in [1.54, 1.807) is 6.07 Å². The molecule has 4 bridgehead atoms. The van der Waals surface area contributed by atoms with E-state index in [1.165, 1.54) is 18.4 Å². The molecular weight excluding hydrogens is 525 g/mol. The van der Waals surface area contributed by atoms with E-state index in [0.29, 0.717) is 12.2 Å². The topological polar surface area (TPSA) is 94.1 Å². The number of carbonyl (C=O) groups is 1. The van der Waals surface area contributed by atoms with Crippen LogP contribution in [-0.4, -0.2) is 63.4 Å². The highest BCUT2D eigenvalue weighted by molar-refractivity contribution is 5.91. The van der Waals surface area contributed by atoms with Crippen molar-refractivity contribution in [2.75, 3.05) is 18.4 Å². The zero-order valence-corrected chi connectivity index (χ0v) is 22.8. The predicted octanol–water partition coefficient (Wildman–Crippen LogP) is 3.54. The van der Waals surface area contributed by atoms with Crippen molar-refractivity contribution < 1.29 is 19.7 Å². The number of halogens is 2. The SMILES string of the molecule is Cl.Cl.O=C(C[C@@H]1N[C@@]23CC[C@]1(O)[C@@H]1Oc4c(O)ccc5c4[C@]12CCN(CC1CC1)[C@@H]3C5)Nc1ccccc1. The van der Waals surface area contributed by atoms with E-state index >= 15 is 0 Å². The fraction of sp³-hybridized carbons (Fsp3) is 0.552. The number of nitrogens with one attached hydrogen (secondary N) is 2. The Kier molecular flexibility index (Phi) is 6.02. The first-order valence-corrected chi connectivity index (χ1v) is 13.6. The molecule has 3 saturated heterocycles. The number of hydrogen-bond acceptors (Lipinski definition) is 6. The lowest BCUT2D eigenvalue weighted by atomic mass is 9.41. The molecule has 3 aliphatic carbocycles. The van der Waals surface area contributed by atoms with Crippen molar-refractivity contribution in [2.45, 2.75) is 79.7 Å². The van der Waals surface area contributed by atoms with Crippen LogP contribution in [0.3, 0.4) is 0 Å². The molecule has 5 fully saturated rings. The van der Waals surface area contributed by atoms with Crippen molar-refractivity contribution in [1.29, 1.82) is 0 Å². The molecule has 9 rings (SSSR count). The fourth-order valence-corrected chi connectivity index (χ4v) is 8.81. The highest BCUT2D eigenvalue weighted by Crippen LogP contribution is 2.69. The van der Waals surface area contributed by atoms with Gasteiger partial charge in [-0.3, -0.25) is 9.69 Å². The number of phenols is 1. The van der Waals surface area contributed by atoms with Gasteiger partial charge in [0.15, 0.2) is 11.5 Å². The quantitative estimate of drug-likeness (QED) is 0.447. The zero-order valence-electron chi connectivity index (χ0n) is 21.2. The molecule has 2 aromatic carbocycles. The van der Waals surface area contributed by atoms with Crippen LogP contribution in [0.4, 0.5) is 5.69 Å². The number of rotatable bonds is 5. The monoisotopic (exact) mass is 559 g/mol. The summed E-state index contributed by atoms with van der Waals surface area (Å²) in [6.07, 6.45) is 5.57. The van der Waals surface area contributed by atoms with Crippen LogP contribution in [0, 0.1) is 5.92 Å². The molecule has 1 amide bonds. The normalized spacial score (nSPS) is 37.3. The maximum Gasteiger partial charge on any atom is 0.226 e. The summed E-state index contributed by atoms with van der Waals surface area (Å²) in [7, 11) is 0. The number of hydrogen-bond donors (Lipinski definition) is 4. The number of piperidine rings is 3. The lowest BCUT2D eigenvalue weighted by Crippen LogP contribution is -2.91. The summed E-state index contributed by atoms with van der Waals surface area (Å²) in [4.78, 5) is 15.9. The predicted molar refractivity (Wildman–Crippen MR) is 149 cm³/mol. The van der Waals surface area contributed by atoms with Gasteiger partial charge in [0.05, 0.1) is 5.41 Å². The van der Waals surface area contributed by atoms with Gasteiger partial charge >= 0.3 is 0 Å². The number of amides is 1. The van der Waals surface area contributed by atoms with Gasteiger partial charge in [-0.05, 0) is 74.8 Å². The number of anilines is 1. The Balaban J connectivity index is 0.00000132. The fourth-order valence-electron chi connectivity index (χ4n) is 8.81. The smallest absolute Gasteiger partial charge is 0.226 e. The molecule has 0 unspecified atom stereocenters. The van der Waals surface area contributed by atoms with Gasteiger partial charge in [0.1, 0.15) is 11.7 Å². The number of likely N-dealkylation sites (tertiary alicyclic amines) is 1. The van der Waals surface area contributed by atoms with Crippen LogP contribution in [-0.2, 0) is 16.6 Å². The summed E-state index contributed by atoms with van der Waals surface area (Å²) in [6, 6.07) is 13.2. The Bertz CT molecular complexity index is 1280. The Morgan fingerprint density at radius 2 is 1.89 bits per heavy atom. The number of fused-ring (bicyclic) bond motifs is 2. The van der Waals surface area contributed by atoms with Crippen LogP contribution in [0.1, 0.15) is 49.7 Å². The molecule has 204 valence electrons. The second-order valence-electron chi connectivity index (χ2n) is 12.1. The van der Waals surface area contributed by atoms with E-state index in [1.807, 2.05) is 30.3 Å². The van der Waals surface area contributed by atoms with Crippen LogP contribution in [0.25, 0.3) is 0 Å². The van der Waals surface area contributed by atoms with Gasteiger partial charge in [-0.1, -0.05) is 24.3 Å². The van der Waals surface area contributed by atoms with Crippen molar-refractivity contribution in [3.05, 3.63) is 53.6 Å². The summed E-state index contributed by atoms with van der Waals surface area (Å²) in [5, 5.41) is 30.1. The third kappa shape index (κ3) is 3.23. The first kappa shape index (κ1) is 26.2. The molecule has 2 spiro atoms. The van der Waals surface area contributed by atoms with Gasteiger partial charge < -0.3 is 25.6 Å². The average Bonchev–Trinajstić information content (AvgIpc) is 3.60. The molecule has 7 aliphatic rings. The maximum atomic E-state index is 13.2. The van der Waals surface area contributed by atoms with Crippen LogP contribution < -0.4 is 15.4 Å². The molecule has 4 N–H and O–H groups in total. The third-order valence-electron chi connectivity index (χ3n) is 10.4. The van der Waals surface area contributed by atoms with Crippen molar-refractivity contribution in [3.63, 3.8) is 0 Å². The molecular formula is C29H35Cl2N3O4. The summed E-state index contributed by atoms with van der Waals surface area (Å²) in [5.41, 5.74) is 1.25. The second-order valence-corrected chi connectivity index (χ2v) is 12.1. The molecule has 0 aromatic heterocycles. The van der Waals surface area contributed by atoms with E-state index in [4.69, 9.17) is 4.74 Å². The van der Waals surface area contributed by atoms with E-state index in [9.17, 15) is 15.0 Å². The van der Waals surface area contributed by atoms with E-state index in [-0.39, 0.29) is 54.5 Å². The molecule has 4 aliphatic heterocycles. The van der Waals surface area contributed by atoms with Crippen molar-refractivity contribution in [3.8, 4) is 11.5 Å². The Morgan fingerprint density at radius 1 is 1.11 bits per heavy atom. The number of aliphatic hydroxyl groups is 1. The van der Waals surface area contributed by atoms with Crippen molar-refractivity contribution >= 4 is 36.4 Å². The standard InChI is InChI=1S/C29H33N3O4.2ClH/c33-20-9-8-18-14-22-29-11-10-28(35,21(31-29)15-23(34)30-19-4-2-1-3-5-19)26-27(29,24(18)25(20)36-26)12-13-32(22)16-17-6-7-17;;/h1-5,8-9,17,21-22,26,31,33,35H,6-7,10-16H2,(H,30,34);2*1H/t21-,22+,26+,27+,28+,29+;;/m0../s1. The molecule has 9 heteroatoms. The molecule has 2 aromatic rings. The van der Waals surface area contributed by atoms with Gasteiger partial charge in [0.25, 0.3) is 0 Å². The lowest BCUT2D eigenvalue weighted by molar-refractivity contribution is -0.233. The first-order chi connectivity index (χ1) is 17.4. The highest BCUT2D eigenvalue weighted by atomic mass is 35.5. The minimum absolute atomic E-state index is 0. The van der Waals surface area contributed by atoms with Crippen molar-refractivity contribution in [1.82, 2.24) is 10.2 Å². The Hall–Kier alpha value is -2.03. The van der Waals surface area contributed by atoms with Gasteiger partial charge in [0.2, 0.25) is 5.91 Å². The van der Waals surface area contributed by atoms with E-state index < -0.39 is 23.2 Å². The number of benzene rings is 2. The van der Waals surface area contributed by atoms with Crippen LogP contribution in [0.2, 0.25) is 0 Å². The van der Waals surface area contributed by atoms with Crippen LogP contribution in [0.15, 0.2) is 42.5 Å². The molecule has 7 nitrogen and oxygen atoms in total. The third-order valence-corrected chi connectivity index (χ3v) is 10.4. The summed E-state index contributed by atoms with van der Waals surface area (Å²) < 4.78 is 6.61. The zero-order chi connectivity index (χ0) is 24.3. The van der Waals surface area contributed by atoms with Gasteiger partial charge in [-0.15, -0.1) is 24.8 Å². The summed E-state index contributed by atoms with van der Waals surface area (Å²) in [5.74, 6) is 1.40. The van der Waals surface area contributed by atoms with E-state index in [2.05, 4.69) is 21.6 Å². The van der Waals surface area contributed by atoms with Crippen LogP contribution in [0.5, 0.6) is 11.5 Å². The number of para-hydroxylation sites is 1. The Labute approximate surface area is 235 Å². The number of phenolic OH excluding ortho intramolecular Hbond substituents is 1. The molecule has 6 atom stereocenters. The minimum Gasteiger partial charge on any atom is -0.504 e. The van der Waals surface area contributed by atoms with Gasteiger partial charge in [-0.25, -0.2) is 0 Å². The number of carbonyl (C=O) groups excluding carboxylic acids is 1. The molecule has 4 heterocycles. The summed E-state index contributed by atoms with van der Waals surface area (Å²) in [6.45, 7) is 2.10. The number of nitrogens with zero attached hydrogens (tertiary/aromatic N) is 1. The molecule has 2 saturated carbocycles. The lowest BCUT2D eigenvalue weighted by Gasteiger charge is -2.73. The largest absolute Gasteiger partial charge is 0.504 e. The van der Waals surface area contributed by atoms with Gasteiger partial charge in [-0.2, -0.15) is 0 Å². The Morgan fingerprint density at radius 3 is 2.66 bits per heavy atom. The van der Waals surface area contributed by atoms with Gasteiger partial charge in [0, 0.05) is 41.8 Å². The maximum absolute atomic E-state index is 13.2. The second kappa shape index (κ2) is 8.73. The summed E-state index contributed by atoms with van der Waals surface area (Å²) >= 11 is 0. The van der Waals surface area contributed by atoms with E-state index in [0.717, 1.165) is 49.5 Å². The number of ether oxygens (including phenoxy) is 1. The molecule has 38 heavy (non-hydrogen) atoms. The molecule has 0 radical (unpaired) electrons.